The van der Waals surface area contributed by atoms with Gasteiger partial charge in [0.1, 0.15) is 5.84 Å². The first-order valence-electron chi connectivity index (χ1n) is 9.12. The first-order valence-corrected chi connectivity index (χ1v) is 11.0. The number of rotatable bonds is 7. The van der Waals surface area contributed by atoms with Crippen molar-refractivity contribution < 1.29 is 13.2 Å². The van der Waals surface area contributed by atoms with E-state index in [2.05, 4.69) is 10.0 Å². The molecule has 0 atom stereocenters. The van der Waals surface area contributed by atoms with E-state index in [0.29, 0.717) is 23.4 Å². The summed E-state index contributed by atoms with van der Waals surface area (Å²) >= 11 is 0. The normalized spacial score (nSPS) is 11.0. The zero-order valence-corrected chi connectivity index (χ0v) is 17.2. The molecular weight excluding hydrogens is 400 g/mol. The number of carbonyl (C=O) groups is 1. The highest BCUT2D eigenvalue weighted by molar-refractivity contribution is 7.92. The number of carbonyl (C=O) groups excluding carboxylic acids is 1. The molecule has 0 spiro atoms. The minimum Gasteiger partial charge on any atom is -0.384 e. The van der Waals surface area contributed by atoms with Crippen LogP contribution in [0.1, 0.15) is 21.5 Å². The van der Waals surface area contributed by atoms with Gasteiger partial charge in [0.2, 0.25) is 10.0 Å². The van der Waals surface area contributed by atoms with Crippen LogP contribution in [0.4, 0.5) is 5.69 Å². The van der Waals surface area contributed by atoms with Crippen LogP contribution in [0.5, 0.6) is 0 Å². The number of hydrogen-bond donors (Lipinski definition) is 4. The molecule has 0 fully saturated rings. The Labute approximate surface area is 175 Å². The Morgan fingerprint density at radius 3 is 2.20 bits per heavy atom. The molecule has 0 bridgehead atoms. The zero-order valence-electron chi connectivity index (χ0n) is 16.3. The Bertz CT molecular complexity index is 1170. The lowest BCUT2D eigenvalue weighted by atomic mass is 9.99. The van der Waals surface area contributed by atoms with E-state index in [4.69, 9.17) is 11.1 Å². The SMILES string of the molecule is CS(=O)(=O)Nc1ccc(-c2ccccc2C(=O)NCc2ccc(C(=N)N)cc2)cc1. The lowest BCUT2D eigenvalue weighted by Crippen LogP contribution is -2.23. The van der Waals surface area contributed by atoms with E-state index in [-0.39, 0.29) is 11.7 Å². The summed E-state index contributed by atoms with van der Waals surface area (Å²) in [5.41, 5.74) is 9.48. The van der Waals surface area contributed by atoms with Crippen LogP contribution in [0, 0.1) is 5.41 Å². The minimum atomic E-state index is -3.35. The maximum atomic E-state index is 12.8. The minimum absolute atomic E-state index is 0.00253. The van der Waals surface area contributed by atoms with Crippen LogP contribution >= 0.6 is 0 Å². The van der Waals surface area contributed by atoms with Crippen molar-refractivity contribution in [2.24, 2.45) is 5.73 Å². The fourth-order valence-corrected chi connectivity index (χ4v) is 3.51. The largest absolute Gasteiger partial charge is 0.384 e. The second-order valence-electron chi connectivity index (χ2n) is 6.79. The predicted molar refractivity (Wildman–Crippen MR) is 119 cm³/mol. The smallest absolute Gasteiger partial charge is 0.252 e. The van der Waals surface area contributed by atoms with Crippen molar-refractivity contribution in [3.8, 4) is 11.1 Å². The quantitative estimate of drug-likeness (QED) is 0.345. The fourth-order valence-electron chi connectivity index (χ4n) is 2.94. The number of sulfonamides is 1. The summed E-state index contributed by atoms with van der Waals surface area (Å²) in [6.07, 6.45) is 1.09. The molecule has 0 aliphatic heterocycles. The molecule has 3 aromatic carbocycles. The highest BCUT2D eigenvalue weighted by Crippen LogP contribution is 2.25. The molecular formula is C22H22N4O3S. The van der Waals surface area contributed by atoms with Crippen molar-refractivity contribution in [1.29, 1.82) is 5.41 Å². The number of anilines is 1. The first-order chi connectivity index (χ1) is 14.2. The van der Waals surface area contributed by atoms with Gasteiger partial charge in [0.05, 0.1) is 6.26 Å². The van der Waals surface area contributed by atoms with Crippen molar-refractivity contribution in [2.75, 3.05) is 11.0 Å². The third-order valence-corrected chi connectivity index (χ3v) is 5.00. The van der Waals surface area contributed by atoms with Crippen molar-refractivity contribution in [1.82, 2.24) is 5.32 Å². The number of amidine groups is 1. The molecule has 5 N–H and O–H groups in total. The Morgan fingerprint density at radius 2 is 1.60 bits per heavy atom. The van der Waals surface area contributed by atoms with Gasteiger partial charge in [-0.15, -0.1) is 0 Å². The molecule has 0 aliphatic rings. The molecule has 3 rings (SSSR count). The highest BCUT2D eigenvalue weighted by atomic mass is 32.2. The van der Waals surface area contributed by atoms with Crippen LogP contribution in [-0.4, -0.2) is 26.4 Å². The average Bonchev–Trinajstić information content (AvgIpc) is 2.72. The first kappa shape index (κ1) is 21.1. The van der Waals surface area contributed by atoms with Gasteiger partial charge in [-0.25, -0.2) is 8.42 Å². The van der Waals surface area contributed by atoms with Gasteiger partial charge in [-0.05, 0) is 34.9 Å². The molecule has 1 amide bonds. The summed E-state index contributed by atoms with van der Waals surface area (Å²) in [4.78, 5) is 12.8. The van der Waals surface area contributed by atoms with E-state index >= 15 is 0 Å². The van der Waals surface area contributed by atoms with Gasteiger partial charge in [0.25, 0.3) is 5.91 Å². The third kappa shape index (κ3) is 5.45. The standard InChI is InChI=1S/C22H22N4O3S/c1-30(28,29)26-18-12-10-16(11-13-18)19-4-2-3-5-20(19)22(27)25-14-15-6-8-17(9-7-15)21(23)24/h2-13,26H,14H2,1H3,(H3,23,24)(H,25,27). The van der Waals surface area contributed by atoms with Crippen LogP contribution < -0.4 is 15.8 Å². The van der Waals surface area contributed by atoms with Gasteiger partial charge < -0.3 is 11.1 Å². The number of nitrogens with one attached hydrogen (secondary N) is 3. The summed E-state index contributed by atoms with van der Waals surface area (Å²) in [6, 6.07) is 21.2. The molecule has 0 heterocycles. The number of nitrogens with two attached hydrogens (primary N) is 1. The maximum absolute atomic E-state index is 12.8. The lowest BCUT2D eigenvalue weighted by molar-refractivity contribution is 0.0951. The topological polar surface area (TPSA) is 125 Å². The van der Waals surface area contributed by atoms with E-state index < -0.39 is 10.0 Å². The number of hydrogen-bond acceptors (Lipinski definition) is 4. The van der Waals surface area contributed by atoms with E-state index in [1.807, 2.05) is 24.3 Å². The van der Waals surface area contributed by atoms with E-state index in [1.54, 1.807) is 48.5 Å². The Morgan fingerprint density at radius 1 is 0.967 bits per heavy atom. The molecule has 0 aromatic heterocycles. The van der Waals surface area contributed by atoms with Crippen LogP contribution in [-0.2, 0) is 16.6 Å². The monoisotopic (exact) mass is 422 g/mol. The van der Waals surface area contributed by atoms with Crippen molar-refractivity contribution in [2.45, 2.75) is 6.54 Å². The number of amides is 1. The van der Waals surface area contributed by atoms with Crippen molar-refractivity contribution >= 4 is 27.5 Å². The van der Waals surface area contributed by atoms with Crippen LogP contribution in [0.15, 0.2) is 72.8 Å². The van der Waals surface area contributed by atoms with E-state index in [1.165, 1.54) is 0 Å². The predicted octanol–water partition coefficient (Wildman–Crippen LogP) is 2.94. The average molecular weight is 423 g/mol. The van der Waals surface area contributed by atoms with Crippen LogP contribution in [0.25, 0.3) is 11.1 Å². The van der Waals surface area contributed by atoms with Gasteiger partial charge in [-0.2, -0.15) is 0 Å². The second kappa shape index (κ2) is 8.79. The number of nitrogen functional groups attached to an aromatic ring is 1. The molecule has 0 aliphatic carbocycles. The van der Waals surface area contributed by atoms with Crippen LogP contribution in [0.2, 0.25) is 0 Å². The molecule has 154 valence electrons. The Balaban J connectivity index is 1.75. The summed E-state index contributed by atoms with van der Waals surface area (Å²) in [5, 5.41) is 10.3. The third-order valence-electron chi connectivity index (χ3n) is 4.39. The molecule has 0 saturated carbocycles. The summed E-state index contributed by atoms with van der Waals surface area (Å²) in [7, 11) is -3.35. The van der Waals surface area contributed by atoms with Gasteiger partial charge in [-0.3, -0.25) is 14.9 Å². The van der Waals surface area contributed by atoms with Crippen molar-refractivity contribution in [3.05, 3.63) is 89.5 Å². The van der Waals surface area contributed by atoms with Crippen molar-refractivity contribution in [3.63, 3.8) is 0 Å². The summed E-state index contributed by atoms with van der Waals surface area (Å²) in [5.74, 6) is -0.225. The van der Waals surface area contributed by atoms with Gasteiger partial charge in [-0.1, -0.05) is 54.6 Å². The number of benzene rings is 3. The fraction of sp³-hybridized carbons (Fsp3) is 0.0909. The van der Waals surface area contributed by atoms with Gasteiger partial charge in [0, 0.05) is 23.4 Å². The van der Waals surface area contributed by atoms with Gasteiger partial charge in [0.15, 0.2) is 0 Å². The Hall–Kier alpha value is -3.65. The van der Waals surface area contributed by atoms with E-state index in [0.717, 1.165) is 22.9 Å². The molecule has 0 unspecified atom stereocenters. The molecule has 0 saturated heterocycles. The molecule has 8 heteroatoms. The summed E-state index contributed by atoms with van der Waals surface area (Å²) in [6.45, 7) is 0.336. The highest BCUT2D eigenvalue weighted by Gasteiger charge is 2.12. The molecule has 7 nitrogen and oxygen atoms in total. The molecule has 3 aromatic rings. The van der Waals surface area contributed by atoms with Crippen LogP contribution in [0.3, 0.4) is 0 Å². The lowest BCUT2D eigenvalue weighted by Gasteiger charge is -2.12. The Kier molecular flexibility index (Phi) is 6.17. The maximum Gasteiger partial charge on any atom is 0.252 e. The molecule has 0 radical (unpaired) electrons. The summed E-state index contributed by atoms with van der Waals surface area (Å²) < 4.78 is 25.1. The second-order valence-corrected chi connectivity index (χ2v) is 8.54. The van der Waals surface area contributed by atoms with E-state index in [9.17, 15) is 13.2 Å². The molecule has 30 heavy (non-hydrogen) atoms. The van der Waals surface area contributed by atoms with Gasteiger partial charge >= 0.3 is 0 Å². The zero-order chi connectivity index (χ0) is 21.7.